The van der Waals surface area contributed by atoms with Gasteiger partial charge in [-0.25, -0.2) is 4.39 Å². The van der Waals surface area contributed by atoms with E-state index in [1.54, 1.807) is 18.4 Å². The summed E-state index contributed by atoms with van der Waals surface area (Å²) in [7, 11) is 0. The minimum absolute atomic E-state index is 0.237. The first-order valence-corrected chi connectivity index (χ1v) is 6.47. The van der Waals surface area contributed by atoms with Crippen molar-refractivity contribution in [2.75, 3.05) is 0 Å². The fraction of sp³-hybridized carbons (Fsp3) is 0.125. The highest BCUT2D eigenvalue weighted by Crippen LogP contribution is 2.36. The van der Waals surface area contributed by atoms with Crippen LogP contribution in [0.3, 0.4) is 0 Å². The van der Waals surface area contributed by atoms with Gasteiger partial charge in [-0.3, -0.25) is 0 Å². The summed E-state index contributed by atoms with van der Waals surface area (Å²) in [5.41, 5.74) is 1.85. The topological polar surface area (TPSA) is 13.1 Å². The van der Waals surface area contributed by atoms with Crippen LogP contribution in [0, 0.1) is 12.7 Å². The largest absolute Gasteiger partial charge is 0.467 e. The fourth-order valence-corrected chi connectivity index (χ4v) is 2.71. The van der Waals surface area contributed by atoms with Gasteiger partial charge in [0.25, 0.3) is 0 Å². The van der Waals surface area contributed by atoms with Crippen LogP contribution in [-0.2, 0) is 0 Å². The molecular weight excluding hydrogens is 263 g/mol. The summed E-state index contributed by atoms with van der Waals surface area (Å²) in [6, 6.07) is 12.4. The van der Waals surface area contributed by atoms with Gasteiger partial charge in [0.15, 0.2) is 0 Å². The second-order valence-electron chi connectivity index (χ2n) is 4.51. The Kier molecular flexibility index (Phi) is 3.03. The summed E-state index contributed by atoms with van der Waals surface area (Å²) in [5, 5.41) is 0.980. The van der Waals surface area contributed by atoms with Crippen LogP contribution in [0.15, 0.2) is 53.1 Å². The lowest BCUT2D eigenvalue weighted by Crippen LogP contribution is -1.96. The number of hydrogen-bond acceptors (Lipinski definition) is 1. The number of halogens is 2. The number of alkyl halides is 1. The molecule has 1 heterocycles. The molecule has 3 rings (SSSR count). The Morgan fingerprint density at radius 3 is 2.47 bits per heavy atom. The van der Waals surface area contributed by atoms with Crippen molar-refractivity contribution >= 4 is 22.4 Å². The van der Waals surface area contributed by atoms with Crippen LogP contribution in [0.4, 0.5) is 4.39 Å². The monoisotopic (exact) mass is 274 g/mol. The van der Waals surface area contributed by atoms with Crippen LogP contribution < -0.4 is 0 Å². The predicted molar refractivity (Wildman–Crippen MR) is 75.0 cm³/mol. The van der Waals surface area contributed by atoms with Gasteiger partial charge in [-0.05, 0) is 35.6 Å². The van der Waals surface area contributed by atoms with E-state index in [4.69, 9.17) is 16.0 Å². The number of benzene rings is 2. The molecule has 3 aromatic rings. The van der Waals surface area contributed by atoms with Gasteiger partial charge in [-0.1, -0.05) is 30.3 Å². The third-order valence-electron chi connectivity index (χ3n) is 3.31. The number of aryl methyl sites for hydroxylation is 1. The van der Waals surface area contributed by atoms with E-state index in [1.165, 1.54) is 6.07 Å². The first-order valence-electron chi connectivity index (χ1n) is 6.03. The molecule has 1 nitrogen and oxygen atoms in total. The molecule has 1 atom stereocenters. The SMILES string of the molecule is Cc1ccoc1C(Cl)c1ccc(F)c2ccccc12. The zero-order chi connectivity index (χ0) is 13.4. The third kappa shape index (κ3) is 2.02. The van der Waals surface area contributed by atoms with E-state index in [2.05, 4.69) is 0 Å². The number of rotatable bonds is 2. The van der Waals surface area contributed by atoms with Gasteiger partial charge in [-0.15, -0.1) is 11.6 Å². The molecule has 1 unspecified atom stereocenters. The summed E-state index contributed by atoms with van der Waals surface area (Å²) in [6.07, 6.45) is 1.62. The van der Waals surface area contributed by atoms with Crippen molar-refractivity contribution in [3.63, 3.8) is 0 Å². The van der Waals surface area contributed by atoms with Crippen LogP contribution in [0.2, 0.25) is 0 Å². The van der Waals surface area contributed by atoms with Crippen LogP contribution in [0.1, 0.15) is 22.3 Å². The standard InChI is InChI=1S/C16H12ClFO/c1-10-8-9-19-16(10)15(17)13-6-7-14(18)12-5-3-2-4-11(12)13/h2-9,15H,1H3. The van der Waals surface area contributed by atoms with Gasteiger partial charge in [0, 0.05) is 5.39 Å². The van der Waals surface area contributed by atoms with Crippen LogP contribution in [-0.4, -0.2) is 0 Å². The average molecular weight is 275 g/mol. The smallest absolute Gasteiger partial charge is 0.131 e. The summed E-state index contributed by atoms with van der Waals surface area (Å²) >= 11 is 6.49. The van der Waals surface area contributed by atoms with Crippen molar-refractivity contribution in [3.8, 4) is 0 Å². The van der Waals surface area contributed by atoms with E-state index in [1.807, 2.05) is 31.2 Å². The van der Waals surface area contributed by atoms with Gasteiger partial charge in [0.2, 0.25) is 0 Å². The Bertz CT molecular complexity index is 732. The van der Waals surface area contributed by atoms with Gasteiger partial charge in [0.05, 0.1) is 6.26 Å². The highest BCUT2D eigenvalue weighted by atomic mass is 35.5. The second-order valence-corrected chi connectivity index (χ2v) is 4.95. The van der Waals surface area contributed by atoms with Gasteiger partial charge in [0.1, 0.15) is 17.0 Å². The van der Waals surface area contributed by atoms with Crippen molar-refractivity contribution < 1.29 is 8.81 Å². The molecule has 0 saturated heterocycles. The molecule has 0 spiro atoms. The quantitative estimate of drug-likeness (QED) is 0.585. The Hall–Kier alpha value is -1.80. The molecule has 0 aliphatic rings. The summed E-state index contributed by atoms with van der Waals surface area (Å²) in [5.74, 6) is 0.470. The zero-order valence-electron chi connectivity index (χ0n) is 10.4. The molecule has 19 heavy (non-hydrogen) atoms. The predicted octanol–water partition coefficient (Wildman–Crippen LogP) is 5.21. The van der Waals surface area contributed by atoms with Crippen molar-refractivity contribution in [2.24, 2.45) is 0 Å². The Balaban J connectivity index is 2.21. The molecule has 0 saturated carbocycles. The molecule has 0 amide bonds. The van der Waals surface area contributed by atoms with Crippen molar-refractivity contribution in [1.82, 2.24) is 0 Å². The van der Waals surface area contributed by atoms with Crippen molar-refractivity contribution in [1.29, 1.82) is 0 Å². The highest BCUT2D eigenvalue weighted by Gasteiger charge is 2.19. The van der Waals surface area contributed by atoms with Crippen LogP contribution in [0.25, 0.3) is 10.8 Å². The Labute approximate surface area is 115 Å². The van der Waals surface area contributed by atoms with Gasteiger partial charge < -0.3 is 4.42 Å². The van der Waals surface area contributed by atoms with E-state index in [-0.39, 0.29) is 5.82 Å². The van der Waals surface area contributed by atoms with Gasteiger partial charge >= 0.3 is 0 Å². The van der Waals surface area contributed by atoms with E-state index in [0.717, 1.165) is 16.5 Å². The van der Waals surface area contributed by atoms with Crippen LogP contribution >= 0.6 is 11.6 Å². The van der Waals surface area contributed by atoms with E-state index in [9.17, 15) is 4.39 Å². The molecule has 2 aromatic carbocycles. The lowest BCUT2D eigenvalue weighted by atomic mass is 9.99. The van der Waals surface area contributed by atoms with E-state index < -0.39 is 5.38 Å². The lowest BCUT2D eigenvalue weighted by molar-refractivity contribution is 0.514. The maximum atomic E-state index is 13.8. The van der Waals surface area contributed by atoms with Crippen molar-refractivity contribution in [3.05, 3.63) is 71.4 Å². The number of fused-ring (bicyclic) bond motifs is 1. The fourth-order valence-electron chi connectivity index (χ4n) is 2.29. The molecule has 1 aromatic heterocycles. The second kappa shape index (κ2) is 4.71. The third-order valence-corrected chi connectivity index (χ3v) is 3.74. The van der Waals surface area contributed by atoms with E-state index in [0.29, 0.717) is 11.1 Å². The molecule has 0 N–H and O–H groups in total. The summed E-state index contributed by atoms with van der Waals surface area (Å²) in [4.78, 5) is 0. The molecule has 0 fully saturated rings. The molecular formula is C16H12ClFO. The average Bonchev–Trinajstić information content (AvgIpc) is 2.85. The maximum Gasteiger partial charge on any atom is 0.131 e. The minimum Gasteiger partial charge on any atom is -0.467 e. The Morgan fingerprint density at radius 1 is 1.05 bits per heavy atom. The molecule has 0 radical (unpaired) electrons. The number of hydrogen-bond donors (Lipinski definition) is 0. The number of furan rings is 1. The summed E-state index contributed by atoms with van der Waals surface area (Å²) < 4.78 is 19.2. The van der Waals surface area contributed by atoms with Crippen molar-refractivity contribution in [2.45, 2.75) is 12.3 Å². The first kappa shape index (κ1) is 12.2. The molecule has 96 valence electrons. The lowest BCUT2D eigenvalue weighted by Gasteiger charge is -2.12. The Morgan fingerprint density at radius 2 is 1.79 bits per heavy atom. The van der Waals surface area contributed by atoms with Gasteiger partial charge in [-0.2, -0.15) is 0 Å². The molecule has 0 aliphatic carbocycles. The van der Waals surface area contributed by atoms with E-state index >= 15 is 0 Å². The summed E-state index contributed by atoms with van der Waals surface area (Å²) in [6.45, 7) is 1.94. The molecule has 3 heteroatoms. The van der Waals surface area contributed by atoms with Crippen LogP contribution in [0.5, 0.6) is 0 Å². The maximum absolute atomic E-state index is 13.8. The normalized spacial score (nSPS) is 12.8. The highest BCUT2D eigenvalue weighted by molar-refractivity contribution is 6.23. The minimum atomic E-state index is -0.416. The molecule has 0 aliphatic heterocycles. The first-order chi connectivity index (χ1) is 9.18. The molecule has 0 bridgehead atoms. The zero-order valence-corrected chi connectivity index (χ0v) is 11.1.